The predicted octanol–water partition coefficient (Wildman–Crippen LogP) is 1.80. The van der Waals surface area contributed by atoms with Crippen LogP contribution in [0.2, 0.25) is 0 Å². The van der Waals surface area contributed by atoms with Gasteiger partial charge < -0.3 is 20.9 Å². The maximum atomic E-state index is 12.7. The van der Waals surface area contributed by atoms with E-state index in [0.717, 1.165) is 12.8 Å². The molecule has 0 bridgehead atoms. The molecule has 1 unspecified atom stereocenters. The standard InChI is InChI=1S/C16H24FN3O2/c17-12-6-8-15(9-7-12)22-11-14(21)10-19-16(18)20-13-4-2-1-3-5-13/h6-9,13-14,21H,1-5,10-11H2,(H3,18,19,20). The van der Waals surface area contributed by atoms with Gasteiger partial charge in [-0.3, -0.25) is 4.99 Å². The maximum Gasteiger partial charge on any atom is 0.188 e. The van der Waals surface area contributed by atoms with Crippen molar-refractivity contribution in [2.45, 2.75) is 44.2 Å². The van der Waals surface area contributed by atoms with Crippen molar-refractivity contribution < 1.29 is 14.2 Å². The van der Waals surface area contributed by atoms with Gasteiger partial charge in [-0.05, 0) is 37.1 Å². The zero-order valence-electron chi connectivity index (χ0n) is 12.7. The lowest BCUT2D eigenvalue weighted by molar-refractivity contribution is 0.114. The number of guanidine groups is 1. The van der Waals surface area contributed by atoms with E-state index in [1.165, 1.54) is 43.5 Å². The molecule has 22 heavy (non-hydrogen) atoms. The third-order valence-electron chi connectivity index (χ3n) is 3.69. The van der Waals surface area contributed by atoms with Crippen LogP contribution in [-0.4, -0.2) is 36.4 Å². The molecule has 1 aliphatic rings. The topological polar surface area (TPSA) is 79.9 Å². The molecule has 0 aliphatic heterocycles. The number of halogens is 1. The number of hydrogen-bond acceptors (Lipinski definition) is 3. The number of aliphatic imine (C=N–C) groups is 1. The van der Waals surface area contributed by atoms with Gasteiger partial charge in [0.15, 0.2) is 5.96 Å². The third-order valence-corrected chi connectivity index (χ3v) is 3.69. The summed E-state index contributed by atoms with van der Waals surface area (Å²) in [4.78, 5) is 4.14. The number of hydrogen-bond donors (Lipinski definition) is 3. The van der Waals surface area contributed by atoms with E-state index in [1.54, 1.807) is 0 Å². The highest BCUT2D eigenvalue weighted by Crippen LogP contribution is 2.17. The number of nitrogens with two attached hydrogens (primary N) is 1. The first-order valence-electron chi connectivity index (χ1n) is 7.76. The highest BCUT2D eigenvalue weighted by molar-refractivity contribution is 5.78. The van der Waals surface area contributed by atoms with Gasteiger partial charge in [0.2, 0.25) is 0 Å². The molecule has 1 fully saturated rings. The van der Waals surface area contributed by atoms with Crippen molar-refractivity contribution in [2.24, 2.45) is 10.7 Å². The fraction of sp³-hybridized carbons (Fsp3) is 0.562. The van der Waals surface area contributed by atoms with Crippen molar-refractivity contribution in [3.05, 3.63) is 30.1 Å². The molecule has 6 heteroatoms. The molecule has 0 aromatic heterocycles. The Morgan fingerprint density at radius 1 is 1.32 bits per heavy atom. The van der Waals surface area contributed by atoms with Crippen LogP contribution in [0.5, 0.6) is 5.75 Å². The quantitative estimate of drug-likeness (QED) is 0.553. The van der Waals surface area contributed by atoms with E-state index in [1.807, 2.05) is 0 Å². The van der Waals surface area contributed by atoms with Gasteiger partial charge in [0.1, 0.15) is 24.3 Å². The van der Waals surface area contributed by atoms with Crippen molar-refractivity contribution in [3.63, 3.8) is 0 Å². The molecule has 0 heterocycles. The third kappa shape index (κ3) is 5.89. The number of nitrogens with zero attached hydrogens (tertiary/aromatic N) is 1. The summed E-state index contributed by atoms with van der Waals surface area (Å²) in [6, 6.07) is 6.05. The monoisotopic (exact) mass is 309 g/mol. The molecule has 122 valence electrons. The predicted molar refractivity (Wildman–Crippen MR) is 84.4 cm³/mol. The van der Waals surface area contributed by atoms with Crippen molar-refractivity contribution in [2.75, 3.05) is 13.2 Å². The first kappa shape index (κ1) is 16.5. The van der Waals surface area contributed by atoms with Crippen LogP contribution >= 0.6 is 0 Å². The second-order valence-corrected chi connectivity index (χ2v) is 5.62. The average Bonchev–Trinajstić information content (AvgIpc) is 2.53. The molecule has 1 atom stereocenters. The lowest BCUT2D eigenvalue weighted by Gasteiger charge is -2.23. The van der Waals surface area contributed by atoms with Gasteiger partial charge in [0, 0.05) is 6.04 Å². The second kappa shape index (κ2) is 8.58. The summed E-state index contributed by atoms with van der Waals surface area (Å²) in [7, 11) is 0. The van der Waals surface area contributed by atoms with Gasteiger partial charge in [0.05, 0.1) is 6.54 Å². The van der Waals surface area contributed by atoms with Gasteiger partial charge in [0.25, 0.3) is 0 Å². The van der Waals surface area contributed by atoms with E-state index in [0.29, 0.717) is 17.8 Å². The van der Waals surface area contributed by atoms with E-state index in [4.69, 9.17) is 10.5 Å². The normalized spacial score (nSPS) is 18.0. The van der Waals surface area contributed by atoms with Crippen molar-refractivity contribution in [1.82, 2.24) is 5.32 Å². The van der Waals surface area contributed by atoms with E-state index >= 15 is 0 Å². The van der Waals surface area contributed by atoms with Gasteiger partial charge in [-0.1, -0.05) is 19.3 Å². The molecule has 2 rings (SSSR count). The fourth-order valence-corrected chi connectivity index (χ4v) is 2.48. The zero-order chi connectivity index (χ0) is 15.8. The Morgan fingerprint density at radius 2 is 2.00 bits per heavy atom. The Balaban J connectivity index is 1.68. The minimum Gasteiger partial charge on any atom is -0.491 e. The SMILES string of the molecule is NC(=NCC(O)COc1ccc(F)cc1)NC1CCCCC1. The Hall–Kier alpha value is -1.82. The summed E-state index contributed by atoms with van der Waals surface area (Å²) in [6.07, 6.45) is 5.21. The molecule has 1 aliphatic carbocycles. The highest BCUT2D eigenvalue weighted by Gasteiger charge is 2.13. The van der Waals surface area contributed by atoms with E-state index in [2.05, 4.69) is 10.3 Å². The van der Waals surface area contributed by atoms with Gasteiger partial charge >= 0.3 is 0 Å². The first-order chi connectivity index (χ1) is 10.6. The lowest BCUT2D eigenvalue weighted by atomic mass is 9.96. The van der Waals surface area contributed by atoms with Crippen LogP contribution in [0.15, 0.2) is 29.3 Å². The van der Waals surface area contributed by atoms with Crippen LogP contribution in [0.1, 0.15) is 32.1 Å². The van der Waals surface area contributed by atoms with Crippen LogP contribution < -0.4 is 15.8 Å². The molecule has 5 nitrogen and oxygen atoms in total. The van der Waals surface area contributed by atoms with Gasteiger partial charge in [-0.2, -0.15) is 0 Å². The molecule has 0 radical (unpaired) electrons. The highest BCUT2D eigenvalue weighted by atomic mass is 19.1. The Bertz CT molecular complexity index is 473. The number of ether oxygens (including phenoxy) is 1. The summed E-state index contributed by atoms with van der Waals surface area (Å²) < 4.78 is 18.1. The molecule has 0 spiro atoms. The molecule has 0 amide bonds. The summed E-state index contributed by atoms with van der Waals surface area (Å²) in [6.45, 7) is 0.262. The van der Waals surface area contributed by atoms with Crippen LogP contribution in [-0.2, 0) is 0 Å². The average molecular weight is 309 g/mol. The van der Waals surface area contributed by atoms with Crippen molar-refractivity contribution in [3.8, 4) is 5.75 Å². The molecule has 0 saturated heterocycles. The molecule has 4 N–H and O–H groups in total. The van der Waals surface area contributed by atoms with E-state index in [9.17, 15) is 9.50 Å². The van der Waals surface area contributed by atoms with Crippen LogP contribution in [0, 0.1) is 5.82 Å². The van der Waals surface area contributed by atoms with Crippen molar-refractivity contribution in [1.29, 1.82) is 0 Å². The lowest BCUT2D eigenvalue weighted by Crippen LogP contribution is -2.41. The largest absolute Gasteiger partial charge is 0.491 e. The summed E-state index contributed by atoms with van der Waals surface area (Å²) in [5.74, 6) is 0.560. The number of benzene rings is 1. The Morgan fingerprint density at radius 3 is 2.68 bits per heavy atom. The molecule has 1 aromatic rings. The summed E-state index contributed by atoms with van der Waals surface area (Å²) >= 11 is 0. The van der Waals surface area contributed by atoms with E-state index < -0.39 is 6.10 Å². The van der Waals surface area contributed by atoms with E-state index in [-0.39, 0.29) is 19.0 Å². The molecular weight excluding hydrogens is 285 g/mol. The first-order valence-corrected chi connectivity index (χ1v) is 7.76. The number of aliphatic hydroxyl groups excluding tert-OH is 1. The second-order valence-electron chi connectivity index (χ2n) is 5.62. The number of aliphatic hydroxyl groups is 1. The summed E-state index contributed by atoms with van der Waals surface area (Å²) in [5, 5.41) is 13.0. The maximum absolute atomic E-state index is 12.7. The Labute approximate surface area is 130 Å². The fourth-order valence-electron chi connectivity index (χ4n) is 2.48. The van der Waals surface area contributed by atoms with Crippen LogP contribution in [0.4, 0.5) is 4.39 Å². The van der Waals surface area contributed by atoms with Crippen molar-refractivity contribution >= 4 is 5.96 Å². The zero-order valence-corrected chi connectivity index (χ0v) is 12.7. The van der Waals surface area contributed by atoms with Gasteiger partial charge in [-0.15, -0.1) is 0 Å². The number of rotatable bonds is 6. The Kier molecular flexibility index (Phi) is 6.45. The minimum absolute atomic E-state index is 0.0891. The molecule has 1 aromatic carbocycles. The smallest absolute Gasteiger partial charge is 0.188 e. The molecular formula is C16H24FN3O2. The number of nitrogens with one attached hydrogen (secondary N) is 1. The van der Waals surface area contributed by atoms with Crippen LogP contribution in [0.25, 0.3) is 0 Å². The minimum atomic E-state index is -0.753. The van der Waals surface area contributed by atoms with Gasteiger partial charge in [-0.25, -0.2) is 4.39 Å². The summed E-state index contributed by atoms with van der Waals surface area (Å²) in [5.41, 5.74) is 5.82. The molecule has 1 saturated carbocycles. The van der Waals surface area contributed by atoms with Crippen LogP contribution in [0.3, 0.4) is 0 Å².